The molecule has 0 spiro atoms. The largest absolute Gasteiger partial charge is 0.447 e. The number of sulfonamides is 1. The summed E-state index contributed by atoms with van der Waals surface area (Å²) in [5.41, 5.74) is 0. The Bertz CT molecular complexity index is 592. The first-order chi connectivity index (χ1) is 10.6. The number of rotatable bonds is 5. The maximum atomic E-state index is 12.4. The smallest absolute Gasteiger partial charge is 0.276 e. The van der Waals surface area contributed by atoms with Crippen molar-refractivity contribution in [2.45, 2.75) is 43.9 Å². The fourth-order valence-corrected chi connectivity index (χ4v) is 4.47. The first-order valence-corrected chi connectivity index (χ1v) is 9.46. The van der Waals surface area contributed by atoms with Gasteiger partial charge in [0.05, 0.1) is 19.3 Å². The normalized spacial score (nSPS) is 24.9. The van der Waals surface area contributed by atoms with Crippen LogP contribution in [0.3, 0.4) is 0 Å². The van der Waals surface area contributed by atoms with Crippen LogP contribution in [0, 0.1) is 0 Å². The van der Waals surface area contributed by atoms with Crippen molar-refractivity contribution in [2.75, 3.05) is 32.8 Å². The van der Waals surface area contributed by atoms with E-state index in [0.717, 1.165) is 39.0 Å². The predicted molar refractivity (Wildman–Crippen MR) is 82.0 cm³/mol. The number of nitrogens with zero attached hydrogens (tertiary/aromatic N) is 2. The van der Waals surface area contributed by atoms with E-state index in [4.69, 9.17) is 9.15 Å². The minimum absolute atomic E-state index is 0.0738. The topological polar surface area (TPSA) is 63.0 Å². The molecular weight excluding hydrogens is 304 g/mol. The quantitative estimate of drug-likeness (QED) is 0.823. The molecule has 0 amide bonds. The zero-order chi connectivity index (χ0) is 15.6. The molecule has 2 aliphatic rings. The second-order valence-electron chi connectivity index (χ2n) is 5.97. The van der Waals surface area contributed by atoms with Gasteiger partial charge in [0, 0.05) is 26.2 Å². The van der Waals surface area contributed by atoms with E-state index < -0.39 is 10.0 Å². The first kappa shape index (κ1) is 16.0. The van der Waals surface area contributed by atoms with Gasteiger partial charge < -0.3 is 9.15 Å². The van der Waals surface area contributed by atoms with E-state index in [-0.39, 0.29) is 11.2 Å². The number of ether oxygens (including phenoxy) is 1. The molecule has 0 aliphatic carbocycles. The molecule has 1 unspecified atom stereocenters. The van der Waals surface area contributed by atoms with Gasteiger partial charge in [-0.3, -0.25) is 4.90 Å². The maximum Gasteiger partial charge on any atom is 0.276 e. The monoisotopic (exact) mass is 328 g/mol. The Morgan fingerprint density at radius 1 is 1.23 bits per heavy atom. The average Bonchev–Trinajstić information content (AvgIpc) is 3.19. The minimum atomic E-state index is -3.45. The molecule has 2 saturated heterocycles. The van der Waals surface area contributed by atoms with Crippen molar-refractivity contribution < 1.29 is 17.6 Å². The summed E-state index contributed by atoms with van der Waals surface area (Å²) in [5.74, 6) is 0.703. The summed E-state index contributed by atoms with van der Waals surface area (Å²) in [6, 6.07) is 3.36. The van der Waals surface area contributed by atoms with Crippen LogP contribution in [0.2, 0.25) is 0 Å². The Balaban J connectivity index is 1.66. The zero-order valence-corrected chi connectivity index (χ0v) is 13.8. The Morgan fingerprint density at radius 2 is 2.00 bits per heavy atom. The summed E-state index contributed by atoms with van der Waals surface area (Å²) in [5, 5.41) is 0.0738. The standard InChI is InChI=1S/C15H24N2O4S/c1-2-13-11-16(9-10-20-13)12-14-5-6-15(21-14)22(18,19)17-7-3-4-8-17/h5-6,13H,2-4,7-12H2,1H3. The van der Waals surface area contributed by atoms with Gasteiger partial charge in [-0.05, 0) is 31.4 Å². The van der Waals surface area contributed by atoms with Crippen LogP contribution in [0.25, 0.3) is 0 Å². The molecule has 7 heteroatoms. The number of morpholine rings is 1. The fraction of sp³-hybridized carbons (Fsp3) is 0.733. The van der Waals surface area contributed by atoms with Crippen molar-refractivity contribution in [3.05, 3.63) is 17.9 Å². The van der Waals surface area contributed by atoms with Crippen LogP contribution in [-0.2, 0) is 21.3 Å². The van der Waals surface area contributed by atoms with E-state index in [1.807, 2.05) is 0 Å². The van der Waals surface area contributed by atoms with Crippen molar-refractivity contribution in [2.24, 2.45) is 0 Å². The van der Waals surface area contributed by atoms with E-state index in [1.54, 1.807) is 12.1 Å². The molecule has 1 aromatic heterocycles. The molecule has 22 heavy (non-hydrogen) atoms. The predicted octanol–water partition coefficient (Wildman–Crippen LogP) is 1.67. The second kappa shape index (κ2) is 6.70. The van der Waals surface area contributed by atoms with Gasteiger partial charge in [0.25, 0.3) is 10.0 Å². The van der Waals surface area contributed by atoms with Gasteiger partial charge in [-0.25, -0.2) is 8.42 Å². The molecule has 1 atom stereocenters. The lowest BCUT2D eigenvalue weighted by atomic mass is 10.2. The lowest BCUT2D eigenvalue weighted by molar-refractivity contribution is -0.0344. The van der Waals surface area contributed by atoms with E-state index >= 15 is 0 Å². The van der Waals surface area contributed by atoms with Crippen LogP contribution in [0.1, 0.15) is 31.9 Å². The molecule has 1 aromatic rings. The first-order valence-electron chi connectivity index (χ1n) is 8.02. The third-order valence-electron chi connectivity index (χ3n) is 4.35. The SMILES string of the molecule is CCC1CN(Cc2ccc(S(=O)(=O)N3CCCC3)o2)CCO1. The molecule has 6 nitrogen and oxygen atoms in total. The summed E-state index contributed by atoms with van der Waals surface area (Å²) in [6.45, 7) is 6.38. The van der Waals surface area contributed by atoms with Crippen molar-refractivity contribution in [1.29, 1.82) is 0 Å². The van der Waals surface area contributed by atoms with E-state index in [0.29, 0.717) is 25.4 Å². The average molecular weight is 328 g/mol. The second-order valence-corrected chi connectivity index (χ2v) is 7.84. The number of hydrogen-bond acceptors (Lipinski definition) is 5. The highest BCUT2D eigenvalue weighted by molar-refractivity contribution is 7.89. The van der Waals surface area contributed by atoms with Gasteiger partial charge in [0.1, 0.15) is 5.76 Å². The van der Waals surface area contributed by atoms with Gasteiger partial charge in [-0.15, -0.1) is 0 Å². The van der Waals surface area contributed by atoms with Crippen LogP contribution in [0.15, 0.2) is 21.6 Å². The minimum Gasteiger partial charge on any atom is -0.447 e. The van der Waals surface area contributed by atoms with Gasteiger partial charge in [-0.2, -0.15) is 4.31 Å². The highest BCUT2D eigenvalue weighted by atomic mass is 32.2. The molecule has 0 saturated carbocycles. The van der Waals surface area contributed by atoms with Gasteiger partial charge >= 0.3 is 0 Å². The number of furan rings is 1. The summed E-state index contributed by atoms with van der Waals surface area (Å²) < 4.78 is 37.7. The summed E-state index contributed by atoms with van der Waals surface area (Å²) >= 11 is 0. The molecule has 0 bridgehead atoms. The molecule has 124 valence electrons. The highest BCUT2D eigenvalue weighted by Gasteiger charge is 2.30. The van der Waals surface area contributed by atoms with Crippen molar-refractivity contribution in [3.63, 3.8) is 0 Å². The third kappa shape index (κ3) is 3.37. The molecule has 0 N–H and O–H groups in total. The van der Waals surface area contributed by atoms with Crippen LogP contribution in [0.5, 0.6) is 0 Å². The molecule has 3 rings (SSSR count). The van der Waals surface area contributed by atoms with Crippen LogP contribution in [-0.4, -0.2) is 56.5 Å². The summed E-state index contributed by atoms with van der Waals surface area (Å²) in [4.78, 5) is 2.25. The van der Waals surface area contributed by atoms with Crippen molar-refractivity contribution in [3.8, 4) is 0 Å². The Morgan fingerprint density at radius 3 is 2.73 bits per heavy atom. The zero-order valence-electron chi connectivity index (χ0n) is 13.0. The van der Waals surface area contributed by atoms with E-state index in [9.17, 15) is 8.42 Å². The summed E-state index contributed by atoms with van der Waals surface area (Å²) in [7, 11) is -3.45. The summed E-state index contributed by atoms with van der Waals surface area (Å²) in [6.07, 6.45) is 3.11. The molecule has 0 radical (unpaired) electrons. The van der Waals surface area contributed by atoms with Gasteiger partial charge in [0.2, 0.25) is 5.09 Å². The van der Waals surface area contributed by atoms with E-state index in [2.05, 4.69) is 11.8 Å². The number of hydrogen-bond donors (Lipinski definition) is 0. The fourth-order valence-electron chi connectivity index (χ4n) is 3.03. The van der Waals surface area contributed by atoms with Crippen LogP contribution in [0.4, 0.5) is 0 Å². The molecular formula is C15H24N2O4S. The third-order valence-corrected chi connectivity index (χ3v) is 6.13. The van der Waals surface area contributed by atoms with Crippen molar-refractivity contribution >= 4 is 10.0 Å². The lowest BCUT2D eigenvalue weighted by Crippen LogP contribution is -2.41. The highest BCUT2D eigenvalue weighted by Crippen LogP contribution is 2.23. The molecule has 0 aromatic carbocycles. The van der Waals surface area contributed by atoms with Crippen LogP contribution >= 0.6 is 0 Å². The Hall–Kier alpha value is -0.890. The van der Waals surface area contributed by atoms with E-state index in [1.165, 1.54) is 4.31 Å². The molecule has 2 aliphatic heterocycles. The maximum absolute atomic E-state index is 12.4. The Labute approximate surface area is 132 Å². The van der Waals surface area contributed by atoms with Gasteiger partial charge in [0.15, 0.2) is 0 Å². The molecule has 2 fully saturated rings. The van der Waals surface area contributed by atoms with Crippen molar-refractivity contribution in [1.82, 2.24) is 9.21 Å². The lowest BCUT2D eigenvalue weighted by Gasteiger charge is -2.31. The molecule has 3 heterocycles. The van der Waals surface area contributed by atoms with Crippen LogP contribution < -0.4 is 0 Å². The Kier molecular flexibility index (Phi) is 4.87. The van der Waals surface area contributed by atoms with Gasteiger partial charge in [-0.1, -0.05) is 6.92 Å².